The van der Waals surface area contributed by atoms with Gasteiger partial charge in [-0.1, -0.05) is 6.92 Å². The SMILES string of the molecule is CCN(CCC(=O)O)C1CC2CCC(C1)N2C. The van der Waals surface area contributed by atoms with Crippen LogP contribution in [0.1, 0.15) is 39.0 Å². The van der Waals surface area contributed by atoms with E-state index in [1.165, 1.54) is 25.7 Å². The fourth-order valence-corrected chi connectivity index (χ4v) is 3.52. The van der Waals surface area contributed by atoms with E-state index in [4.69, 9.17) is 5.11 Å². The monoisotopic (exact) mass is 240 g/mol. The lowest BCUT2D eigenvalue weighted by Crippen LogP contribution is -2.49. The molecule has 98 valence electrons. The molecule has 0 amide bonds. The van der Waals surface area contributed by atoms with E-state index >= 15 is 0 Å². The van der Waals surface area contributed by atoms with Gasteiger partial charge in [-0.2, -0.15) is 0 Å². The second-order valence-electron chi connectivity index (χ2n) is 5.45. The topological polar surface area (TPSA) is 43.8 Å². The largest absolute Gasteiger partial charge is 0.481 e. The number of piperidine rings is 1. The van der Waals surface area contributed by atoms with Crippen molar-refractivity contribution in [3.8, 4) is 0 Å². The van der Waals surface area contributed by atoms with Crippen molar-refractivity contribution in [3.05, 3.63) is 0 Å². The molecule has 4 nitrogen and oxygen atoms in total. The van der Waals surface area contributed by atoms with Crippen LogP contribution in [0.4, 0.5) is 0 Å². The second-order valence-corrected chi connectivity index (χ2v) is 5.45. The van der Waals surface area contributed by atoms with E-state index in [-0.39, 0.29) is 6.42 Å². The summed E-state index contributed by atoms with van der Waals surface area (Å²) in [7, 11) is 2.24. The summed E-state index contributed by atoms with van der Waals surface area (Å²) < 4.78 is 0. The quantitative estimate of drug-likeness (QED) is 0.789. The number of aliphatic carboxylic acids is 1. The van der Waals surface area contributed by atoms with Crippen LogP contribution in [0.15, 0.2) is 0 Å². The zero-order valence-corrected chi connectivity index (χ0v) is 10.9. The van der Waals surface area contributed by atoms with Crippen molar-refractivity contribution in [3.63, 3.8) is 0 Å². The molecule has 2 heterocycles. The van der Waals surface area contributed by atoms with Gasteiger partial charge in [0.15, 0.2) is 0 Å². The van der Waals surface area contributed by atoms with Gasteiger partial charge < -0.3 is 10.0 Å². The fourth-order valence-electron chi connectivity index (χ4n) is 3.52. The summed E-state index contributed by atoms with van der Waals surface area (Å²) >= 11 is 0. The molecule has 0 aromatic rings. The molecule has 0 radical (unpaired) electrons. The van der Waals surface area contributed by atoms with Gasteiger partial charge in [0.1, 0.15) is 0 Å². The summed E-state index contributed by atoms with van der Waals surface area (Å²) in [5.41, 5.74) is 0. The third-order valence-corrected chi connectivity index (χ3v) is 4.61. The molecule has 17 heavy (non-hydrogen) atoms. The molecule has 0 spiro atoms. The standard InChI is InChI=1S/C13H24N2O2/c1-3-15(7-6-13(16)17)12-8-10-4-5-11(9-12)14(10)2/h10-12H,3-9H2,1-2H3,(H,16,17). The first kappa shape index (κ1) is 12.8. The van der Waals surface area contributed by atoms with Gasteiger partial charge in [0.25, 0.3) is 0 Å². The number of hydrogen-bond donors (Lipinski definition) is 1. The van der Waals surface area contributed by atoms with Gasteiger partial charge in [0, 0.05) is 24.7 Å². The van der Waals surface area contributed by atoms with E-state index in [9.17, 15) is 4.79 Å². The zero-order chi connectivity index (χ0) is 12.4. The second kappa shape index (κ2) is 5.36. The van der Waals surface area contributed by atoms with Crippen molar-refractivity contribution in [2.24, 2.45) is 0 Å². The van der Waals surface area contributed by atoms with Crippen LogP contribution < -0.4 is 0 Å². The smallest absolute Gasteiger partial charge is 0.304 e. The Morgan fingerprint density at radius 1 is 1.35 bits per heavy atom. The van der Waals surface area contributed by atoms with E-state index in [2.05, 4.69) is 23.8 Å². The molecule has 2 unspecified atom stereocenters. The Hall–Kier alpha value is -0.610. The molecule has 2 saturated heterocycles. The van der Waals surface area contributed by atoms with E-state index in [0.29, 0.717) is 12.6 Å². The minimum absolute atomic E-state index is 0.273. The van der Waals surface area contributed by atoms with Gasteiger partial charge in [0.05, 0.1) is 6.42 Å². The Labute approximate surface area is 104 Å². The van der Waals surface area contributed by atoms with Gasteiger partial charge >= 0.3 is 5.97 Å². The highest BCUT2D eigenvalue weighted by molar-refractivity contribution is 5.66. The molecule has 2 aliphatic heterocycles. The molecule has 2 atom stereocenters. The number of carboxylic acid groups (broad SMARTS) is 1. The summed E-state index contributed by atoms with van der Waals surface area (Å²) in [6, 6.07) is 2.07. The van der Waals surface area contributed by atoms with Crippen LogP contribution in [-0.2, 0) is 4.79 Å². The van der Waals surface area contributed by atoms with Crippen LogP contribution in [0.3, 0.4) is 0 Å². The highest BCUT2D eigenvalue weighted by atomic mass is 16.4. The molecule has 2 aliphatic rings. The summed E-state index contributed by atoms with van der Waals surface area (Å²) in [6.07, 6.45) is 5.37. The Balaban J connectivity index is 1.90. The predicted octanol–water partition coefficient (Wildman–Crippen LogP) is 1.41. The normalized spacial score (nSPS) is 33.2. The first-order valence-corrected chi connectivity index (χ1v) is 6.79. The summed E-state index contributed by atoms with van der Waals surface area (Å²) in [6.45, 7) is 3.82. The van der Waals surface area contributed by atoms with Crippen molar-refractivity contribution < 1.29 is 9.90 Å². The average Bonchev–Trinajstić information content (AvgIpc) is 2.53. The van der Waals surface area contributed by atoms with Crippen LogP contribution in [0, 0.1) is 0 Å². The number of carbonyl (C=O) groups is 1. The lowest BCUT2D eigenvalue weighted by Gasteiger charge is -2.41. The average molecular weight is 240 g/mol. The predicted molar refractivity (Wildman–Crippen MR) is 67.1 cm³/mol. The van der Waals surface area contributed by atoms with Gasteiger partial charge in [-0.15, -0.1) is 0 Å². The molecule has 0 aromatic heterocycles. The minimum Gasteiger partial charge on any atom is -0.481 e. The zero-order valence-electron chi connectivity index (χ0n) is 10.9. The van der Waals surface area contributed by atoms with Gasteiger partial charge in [-0.25, -0.2) is 0 Å². The highest BCUT2D eigenvalue weighted by Crippen LogP contribution is 2.36. The molecule has 0 saturated carbocycles. The molecular weight excluding hydrogens is 216 g/mol. The first-order chi connectivity index (χ1) is 8.11. The van der Waals surface area contributed by atoms with E-state index in [1.54, 1.807) is 0 Å². The van der Waals surface area contributed by atoms with Crippen molar-refractivity contribution in [1.29, 1.82) is 0 Å². The first-order valence-electron chi connectivity index (χ1n) is 6.79. The van der Waals surface area contributed by atoms with E-state index in [1.807, 2.05) is 0 Å². The van der Waals surface area contributed by atoms with Gasteiger partial charge in [0.2, 0.25) is 0 Å². The molecule has 2 bridgehead atoms. The molecule has 4 heteroatoms. The van der Waals surface area contributed by atoms with E-state index in [0.717, 1.165) is 18.6 Å². The highest BCUT2D eigenvalue weighted by Gasteiger charge is 2.39. The number of nitrogens with zero attached hydrogens (tertiary/aromatic N) is 2. The Morgan fingerprint density at radius 3 is 2.41 bits per heavy atom. The van der Waals surface area contributed by atoms with Crippen LogP contribution in [0.2, 0.25) is 0 Å². The minimum atomic E-state index is -0.681. The van der Waals surface area contributed by atoms with Crippen LogP contribution in [0.25, 0.3) is 0 Å². The van der Waals surface area contributed by atoms with Crippen molar-refractivity contribution in [2.75, 3.05) is 20.1 Å². The number of carboxylic acids is 1. The van der Waals surface area contributed by atoms with Crippen molar-refractivity contribution in [2.45, 2.75) is 57.2 Å². The maximum absolute atomic E-state index is 10.7. The molecule has 0 aromatic carbocycles. The Bertz CT molecular complexity index is 269. The lowest BCUT2D eigenvalue weighted by atomic mass is 9.96. The summed E-state index contributed by atoms with van der Waals surface area (Å²) in [5, 5.41) is 8.78. The summed E-state index contributed by atoms with van der Waals surface area (Å²) in [4.78, 5) is 15.6. The number of hydrogen-bond acceptors (Lipinski definition) is 3. The van der Waals surface area contributed by atoms with Crippen LogP contribution in [0.5, 0.6) is 0 Å². The van der Waals surface area contributed by atoms with Crippen molar-refractivity contribution >= 4 is 5.97 Å². The lowest BCUT2D eigenvalue weighted by molar-refractivity contribution is -0.137. The molecule has 2 rings (SSSR count). The molecular formula is C13H24N2O2. The van der Waals surface area contributed by atoms with Crippen LogP contribution >= 0.6 is 0 Å². The van der Waals surface area contributed by atoms with Crippen molar-refractivity contribution in [1.82, 2.24) is 9.80 Å². The van der Waals surface area contributed by atoms with Gasteiger partial charge in [-0.05, 0) is 39.3 Å². The number of rotatable bonds is 5. The molecule has 2 fully saturated rings. The molecule has 0 aliphatic carbocycles. The Kier molecular flexibility index (Phi) is 4.05. The molecule has 1 N–H and O–H groups in total. The summed E-state index contributed by atoms with van der Waals surface area (Å²) in [5.74, 6) is -0.681. The van der Waals surface area contributed by atoms with E-state index < -0.39 is 5.97 Å². The number of fused-ring (bicyclic) bond motifs is 2. The maximum Gasteiger partial charge on any atom is 0.304 e. The third-order valence-electron chi connectivity index (χ3n) is 4.61. The third kappa shape index (κ3) is 2.80. The maximum atomic E-state index is 10.7. The fraction of sp³-hybridized carbons (Fsp3) is 0.923. The van der Waals surface area contributed by atoms with Crippen LogP contribution in [-0.4, -0.2) is 59.1 Å². The van der Waals surface area contributed by atoms with Gasteiger partial charge in [-0.3, -0.25) is 9.69 Å². The Morgan fingerprint density at radius 2 is 1.94 bits per heavy atom.